The molecule has 2 N–H and O–H groups in total. The van der Waals surface area contributed by atoms with Gasteiger partial charge in [-0.25, -0.2) is 0 Å². The predicted octanol–water partition coefficient (Wildman–Crippen LogP) is 3.43. The first-order valence-electron chi connectivity index (χ1n) is 3.32. The zero-order chi connectivity index (χ0) is 8.43. The number of benzene rings is 1. The summed E-state index contributed by atoms with van der Waals surface area (Å²) in [5.74, 6) is 0. The Hall–Kier alpha value is 0.0500. The minimum Gasteiger partial charge on any atom is -0.324 e. The normalized spacial score (nSPS) is 12.0. The van der Waals surface area contributed by atoms with E-state index in [-0.39, 0.29) is 18.4 Å². The summed E-state index contributed by atoms with van der Waals surface area (Å²) in [4.78, 5) is 0. The fourth-order valence-corrected chi connectivity index (χ4v) is 1.10. The highest BCUT2D eigenvalue weighted by Crippen LogP contribution is 2.24. The van der Waals surface area contributed by atoms with Crippen LogP contribution in [0.25, 0.3) is 0 Å². The van der Waals surface area contributed by atoms with Gasteiger partial charge in [-0.15, -0.1) is 12.4 Å². The van der Waals surface area contributed by atoms with Gasteiger partial charge < -0.3 is 5.73 Å². The van der Waals surface area contributed by atoms with Crippen LogP contribution in [-0.2, 0) is 0 Å². The summed E-state index contributed by atoms with van der Waals surface area (Å²) in [7, 11) is 0. The molecule has 0 unspecified atom stereocenters. The number of hydrogen-bond acceptors (Lipinski definition) is 1. The van der Waals surface area contributed by atoms with Gasteiger partial charge in [-0.2, -0.15) is 0 Å². The first kappa shape index (κ1) is 12.0. The second-order valence-corrected chi connectivity index (χ2v) is 3.28. The van der Waals surface area contributed by atoms with Crippen LogP contribution in [0.5, 0.6) is 0 Å². The molecule has 0 radical (unpaired) electrons. The summed E-state index contributed by atoms with van der Waals surface area (Å²) in [6.45, 7) is 1.90. The monoisotopic (exact) mass is 225 g/mol. The predicted molar refractivity (Wildman–Crippen MR) is 56.3 cm³/mol. The molecule has 0 aliphatic heterocycles. The Morgan fingerprint density at radius 2 is 1.83 bits per heavy atom. The Labute approximate surface area is 88.3 Å². The van der Waals surface area contributed by atoms with Gasteiger partial charge in [0.05, 0.1) is 10.0 Å². The Balaban J connectivity index is 0.00000121. The average molecular weight is 227 g/mol. The van der Waals surface area contributed by atoms with Crippen molar-refractivity contribution in [2.24, 2.45) is 5.73 Å². The standard InChI is InChI=1S/C8H9Cl2N.ClH/c1-5(11)6-2-3-7(9)8(10)4-6;/h2-5H,11H2,1H3;1H/t5-;/m1./s1. The SMILES string of the molecule is C[C@@H](N)c1ccc(Cl)c(Cl)c1.Cl. The third-order valence-electron chi connectivity index (χ3n) is 1.47. The molecule has 4 heteroatoms. The van der Waals surface area contributed by atoms with Crippen LogP contribution < -0.4 is 5.73 Å². The van der Waals surface area contributed by atoms with Crippen molar-refractivity contribution in [2.75, 3.05) is 0 Å². The molecule has 0 heterocycles. The quantitative estimate of drug-likeness (QED) is 0.780. The van der Waals surface area contributed by atoms with Crippen LogP contribution in [0.4, 0.5) is 0 Å². The molecule has 0 fully saturated rings. The van der Waals surface area contributed by atoms with Crippen molar-refractivity contribution < 1.29 is 0 Å². The Morgan fingerprint density at radius 1 is 1.25 bits per heavy atom. The highest BCUT2D eigenvalue weighted by Gasteiger charge is 2.01. The molecule has 0 saturated heterocycles. The lowest BCUT2D eigenvalue weighted by Crippen LogP contribution is -2.04. The lowest BCUT2D eigenvalue weighted by molar-refractivity contribution is 0.818. The maximum Gasteiger partial charge on any atom is 0.0595 e. The van der Waals surface area contributed by atoms with Gasteiger partial charge in [-0.05, 0) is 24.6 Å². The van der Waals surface area contributed by atoms with Gasteiger partial charge >= 0.3 is 0 Å². The molecule has 0 aliphatic carbocycles. The van der Waals surface area contributed by atoms with Crippen LogP contribution in [0.3, 0.4) is 0 Å². The van der Waals surface area contributed by atoms with Gasteiger partial charge in [0.2, 0.25) is 0 Å². The molecule has 1 nitrogen and oxygen atoms in total. The largest absolute Gasteiger partial charge is 0.324 e. The number of nitrogens with two attached hydrogens (primary N) is 1. The third kappa shape index (κ3) is 2.83. The van der Waals surface area contributed by atoms with Crippen LogP contribution >= 0.6 is 35.6 Å². The van der Waals surface area contributed by atoms with E-state index in [4.69, 9.17) is 28.9 Å². The fourth-order valence-electron chi connectivity index (χ4n) is 0.796. The van der Waals surface area contributed by atoms with Gasteiger partial charge in [0.25, 0.3) is 0 Å². The van der Waals surface area contributed by atoms with Crippen LogP contribution in [0, 0.1) is 0 Å². The summed E-state index contributed by atoms with van der Waals surface area (Å²) in [6, 6.07) is 5.42. The van der Waals surface area contributed by atoms with E-state index in [1.807, 2.05) is 13.0 Å². The molecule has 0 amide bonds. The van der Waals surface area contributed by atoms with E-state index in [0.29, 0.717) is 10.0 Å². The zero-order valence-electron chi connectivity index (χ0n) is 6.55. The van der Waals surface area contributed by atoms with Crippen molar-refractivity contribution in [2.45, 2.75) is 13.0 Å². The van der Waals surface area contributed by atoms with Gasteiger partial charge in [0.15, 0.2) is 0 Å². The van der Waals surface area contributed by atoms with Gasteiger partial charge in [-0.1, -0.05) is 29.3 Å². The van der Waals surface area contributed by atoms with Crippen LogP contribution in [0.2, 0.25) is 10.0 Å². The molecule has 1 rings (SSSR count). The second kappa shape index (κ2) is 4.93. The highest BCUT2D eigenvalue weighted by atomic mass is 35.5. The third-order valence-corrected chi connectivity index (χ3v) is 2.21. The van der Waals surface area contributed by atoms with E-state index in [1.165, 1.54) is 0 Å². The van der Waals surface area contributed by atoms with E-state index in [2.05, 4.69) is 0 Å². The van der Waals surface area contributed by atoms with Crippen LogP contribution in [0.15, 0.2) is 18.2 Å². The highest BCUT2D eigenvalue weighted by molar-refractivity contribution is 6.42. The number of rotatable bonds is 1. The summed E-state index contributed by atoms with van der Waals surface area (Å²) in [5, 5.41) is 1.12. The minimum atomic E-state index is 0. The molecule has 0 spiro atoms. The molecule has 1 aromatic rings. The molecule has 1 aromatic carbocycles. The first-order valence-corrected chi connectivity index (χ1v) is 4.07. The maximum atomic E-state index is 5.77. The number of hydrogen-bond donors (Lipinski definition) is 1. The molecule has 68 valence electrons. The fraction of sp³-hybridized carbons (Fsp3) is 0.250. The molecule has 1 atom stereocenters. The van der Waals surface area contributed by atoms with Crippen molar-refractivity contribution in [3.63, 3.8) is 0 Å². The van der Waals surface area contributed by atoms with Crippen LogP contribution in [-0.4, -0.2) is 0 Å². The summed E-state index contributed by atoms with van der Waals surface area (Å²) in [5.41, 5.74) is 6.63. The summed E-state index contributed by atoms with van der Waals surface area (Å²) < 4.78 is 0. The minimum absolute atomic E-state index is 0. The van der Waals surface area contributed by atoms with E-state index >= 15 is 0 Å². The molecular weight excluding hydrogens is 216 g/mol. The maximum absolute atomic E-state index is 5.77. The smallest absolute Gasteiger partial charge is 0.0595 e. The Bertz CT molecular complexity index is 260. The summed E-state index contributed by atoms with van der Waals surface area (Å²) in [6.07, 6.45) is 0. The molecule has 0 bridgehead atoms. The lowest BCUT2D eigenvalue weighted by atomic mass is 10.1. The van der Waals surface area contributed by atoms with Crippen molar-refractivity contribution in [3.8, 4) is 0 Å². The van der Waals surface area contributed by atoms with Crippen molar-refractivity contribution >= 4 is 35.6 Å². The Morgan fingerprint density at radius 3 is 2.25 bits per heavy atom. The Kier molecular flexibility index (Phi) is 4.95. The van der Waals surface area contributed by atoms with Crippen LogP contribution in [0.1, 0.15) is 18.5 Å². The van der Waals surface area contributed by atoms with E-state index < -0.39 is 0 Å². The van der Waals surface area contributed by atoms with E-state index in [9.17, 15) is 0 Å². The topological polar surface area (TPSA) is 26.0 Å². The van der Waals surface area contributed by atoms with Gasteiger partial charge in [-0.3, -0.25) is 0 Å². The molecule has 0 aromatic heterocycles. The average Bonchev–Trinajstić information content (AvgIpc) is 1.94. The lowest BCUT2D eigenvalue weighted by Gasteiger charge is -2.05. The zero-order valence-corrected chi connectivity index (χ0v) is 8.88. The van der Waals surface area contributed by atoms with Crippen molar-refractivity contribution in [1.82, 2.24) is 0 Å². The molecular formula is C8H10Cl3N. The molecule has 12 heavy (non-hydrogen) atoms. The van der Waals surface area contributed by atoms with E-state index in [0.717, 1.165) is 5.56 Å². The van der Waals surface area contributed by atoms with Gasteiger partial charge in [0.1, 0.15) is 0 Å². The summed E-state index contributed by atoms with van der Waals surface area (Å²) >= 11 is 11.5. The van der Waals surface area contributed by atoms with Gasteiger partial charge in [0, 0.05) is 6.04 Å². The van der Waals surface area contributed by atoms with Crippen molar-refractivity contribution in [1.29, 1.82) is 0 Å². The molecule has 0 saturated carbocycles. The first-order chi connectivity index (χ1) is 5.11. The molecule has 0 aliphatic rings. The second-order valence-electron chi connectivity index (χ2n) is 2.46. The van der Waals surface area contributed by atoms with Crippen molar-refractivity contribution in [3.05, 3.63) is 33.8 Å². The van der Waals surface area contributed by atoms with E-state index in [1.54, 1.807) is 12.1 Å². The number of halogens is 3.